The largest absolute Gasteiger partial charge is 0.384 e. The summed E-state index contributed by atoms with van der Waals surface area (Å²) in [5, 5.41) is 0. The highest BCUT2D eigenvalue weighted by molar-refractivity contribution is 5.63. The van der Waals surface area contributed by atoms with Crippen molar-refractivity contribution in [3.8, 4) is 11.3 Å². The molecule has 1 fully saturated rings. The van der Waals surface area contributed by atoms with E-state index in [1.54, 1.807) is 0 Å². The molecule has 1 aromatic heterocycles. The zero-order valence-corrected chi connectivity index (χ0v) is 10.2. The van der Waals surface area contributed by atoms with Crippen molar-refractivity contribution in [3.05, 3.63) is 36.4 Å². The summed E-state index contributed by atoms with van der Waals surface area (Å²) in [5.74, 6) is 1.29. The molecule has 18 heavy (non-hydrogen) atoms. The van der Waals surface area contributed by atoms with Crippen LogP contribution in [0.3, 0.4) is 0 Å². The van der Waals surface area contributed by atoms with Gasteiger partial charge in [-0.3, -0.25) is 0 Å². The Bertz CT molecular complexity index is 533. The van der Waals surface area contributed by atoms with E-state index in [1.807, 2.05) is 36.4 Å². The van der Waals surface area contributed by atoms with E-state index in [0.717, 1.165) is 30.3 Å². The summed E-state index contributed by atoms with van der Waals surface area (Å²) in [6.45, 7) is 2.05. The predicted molar refractivity (Wildman–Crippen MR) is 73.3 cm³/mol. The number of rotatable bonds is 2. The molecule has 1 aromatic carbocycles. The van der Waals surface area contributed by atoms with Crippen LogP contribution in [0.25, 0.3) is 11.3 Å². The molecular weight excluding hydrogens is 224 g/mol. The van der Waals surface area contributed by atoms with E-state index in [4.69, 9.17) is 5.73 Å². The fraction of sp³-hybridized carbons (Fsp3) is 0.286. The van der Waals surface area contributed by atoms with Gasteiger partial charge in [0.15, 0.2) is 0 Å². The van der Waals surface area contributed by atoms with Crippen LogP contribution < -0.4 is 10.6 Å². The van der Waals surface area contributed by atoms with Crippen molar-refractivity contribution in [2.24, 2.45) is 0 Å². The van der Waals surface area contributed by atoms with Crippen molar-refractivity contribution in [2.45, 2.75) is 12.8 Å². The van der Waals surface area contributed by atoms with Gasteiger partial charge in [0, 0.05) is 24.7 Å². The van der Waals surface area contributed by atoms with Crippen LogP contribution in [0.2, 0.25) is 0 Å². The highest BCUT2D eigenvalue weighted by Crippen LogP contribution is 2.23. The summed E-state index contributed by atoms with van der Waals surface area (Å²) < 4.78 is 0. The predicted octanol–water partition coefficient (Wildman–Crippen LogP) is 2.33. The Kier molecular flexibility index (Phi) is 2.84. The maximum Gasteiger partial charge on any atom is 0.227 e. The Morgan fingerprint density at radius 2 is 1.72 bits per heavy atom. The van der Waals surface area contributed by atoms with Crippen LogP contribution in [-0.4, -0.2) is 23.1 Å². The number of nitrogens with two attached hydrogens (primary N) is 1. The first-order valence-electron chi connectivity index (χ1n) is 6.28. The zero-order valence-electron chi connectivity index (χ0n) is 10.2. The molecule has 0 radical (unpaired) electrons. The van der Waals surface area contributed by atoms with Gasteiger partial charge in [-0.1, -0.05) is 30.3 Å². The maximum absolute atomic E-state index is 5.89. The summed E-state index contributed by atoms with van der Waals surface area (Å²) in [6, 6.07) is 11.9. The molecule has 1 aliphatic heterocycles. The Morgan fingerprint density at radius 1 is 1.00 bits per heavy atom. The second-order valence-electron chi connectivity index (χ2n) is 4.54. The molecule has 2 heterocycles. The van der Waals surface area contributed by atoms with E-state index in [-0.39, 0.29) is 0 Å². The van der Waals surface area contributed by atoms with Crippen LogP contribution in [0.1, 0.15) is 12.8 Å². The number of nitrogens with zero attached hydrogens (tertiary/aromatic N) is 3. The quantitative estimate of drug-likeness (QED) is 0.875. The van der Waals surface area contributed by atoms with Crippen molar-refractivity contribution in [1.82, 2.24) is 9.97 Å². The van der Waals surface area contributed by atoms with Crippen LogP contribution in [-0.2, 0) is 0 Å². The number of anilines is 2. The lowest BCUT2D eigenvalue weighted by Crippen LogP contribution is -2.21. The van der Waals surface area contributed by atoms with E-state index < -0.39 is 0 Å². The van der Waals surface area contributed by atoms with Gasteiger partial charge >= 0.3 is 0 Å². The molecule has 1 aliphatic rings. The van der Waals surface area contributed by atoms with Gasteiger partial charge < -0.3 is 10.6 Å². The first-order valence-corrected chi connectivity index (χ1v) is 6.28. The summed E-state index contributed by atoms with van der Waals surface area (Å²) in [5.41, 5.74) is 7.86. The minimum absolute atomic E-state index is 0.533. The first-order chi connectivity index (χ1) is 8.83. The number of benzene rings is 1. The molecule has 0 unspecified atom stereocenters. The third kappa shape index (κ3) is 2.14. The molecule has 1 saturated heterocycles. The molecule has 2 N–H and O–H groups in total. The summed E-state index contributed by atoms with van der Waals surface area (Å²) in [7, 11) is 0. The smallest absolute Gasteiger partial charge is 0.227 e. The van der Waals surface area contributed by atoms with Gasteiger partial charge in [0.2, 0.25) is 5.95 Å². The van der Waals surface area contributed by atoms with E-state index in [1.165, 1.54) is 12.8 Å². The second kappa shape index (κ2) is 4.64. The Labute approximate surface area is 106 Å². The number of hydrogen-bond donors (Lipinski definition) is 1. The average molecular weight is 240 g/mol. The van der Waals surface area contributed by atoms with Crippen LogP contribution in [0, 0.1) is 0 Å². The van der Waals surface area contributed by atoms with E-state index >= 15 is 0 Å². The summed E-state index contributed by atoms with van der Waals surface area (Å²) >= 11 is 0. The molecule has 2 aromatic rings. The molecule has 0 spiro atoms. The number of aromatic nitrogens is 2. The second-order valence-corrected chi connectivity index (χ2v) is 4.54. The maximum atomic E-state index is 5.89. The molecule has 0 atom stereocenters. The molecule has 0 amide bonds. The molecular formula is C14H16N4. The number of hydrogen-bond acceptors (Lipinski definition) is 4. The van der Waals surface area contributed by atoms with Gasteiger partial charge in [-0.05, 0) is 12.8 Å². The molecule has 0 bridgehead atoms. The SMILES string of the molecule is Nc1cc(-c2ccccc2)nc(N2CCCC2)n1. The Hall–Kier alpha value is -2.10. The minimum atomic E-state index is 0.533. The van der Waals surface area contributed by atoms with E-state index in [2.05, 4.69) is 14.9 Å². The Morgan fingerprint density at radius 3 is 2.44 bits per heavy atom. The van der Waals surface area contributed by atoms with Crippen LogP contribution in [0.15, 0.2) is 36.4 Å². The third-order valence-electron chi connectivity index (χ3n) is 3.19. The standard InChI is InChI=1S/C14H16N4/c15-13-10-12(11-6-2-1-3-7-11)16-14(17-13)18-8-4-5-9-18/h1-3,6-7,10H,4-5,8-9H2,(H2,15,16,17). The lowest BCUT2D eigenvalue weighted by molar-refractivity contribution is 0.902. The molecule has 3 rings (SSSR count). The average Bonchev–Trinajstić information content (AvgIpc) is 2.93. The first kappa shape index (κ1) is 11.0. The molecule has 4 nitrogen and oxygen atoms in total. The van der Waals surface area contributed by atoms with Crippen molar-refractivity contribution in [1.29, 1.82) is 0 Å². The monoisotopic (exact) mass is 240 g/mol. The highest BCUT2D eigenvalue weighted by Gasteiger charge is 2.16. The van der Waals surface area contributed by atoms with Crippen LogP contribution >= 0.6 is 0 Å². The molecule has 0 saturated carbocycles. The molecule has 0 aliphatic carbocycles. The van der Waals surface area contributed by atoms with Gasteiger partial charge in [-0.25, -0.2) is 4.98 Å². The lowest BCUT2D eigenvalue weighted by atomic mass is 10.1. The highest BCUT2D eigenvalue weighted by atomic mass is 15.3. The zero-order chi connectivity index (χ0) is 12.4. The Balaban J connectivity index is 2.00. The van der Waals surface area contributed by atoms with Gasteiger partial charge in [-0.15, -0.1) is 0 Å². The third-order valence-corrected chi connectivity index (χ3v) is 3.19. The summed E-state index contributed by atoms with van der Waals surface area (Å²) in [6.07, 6.45) is 2.41. The van der Waals surface area contributed by atoms with E-state index in [9.17, 15) is 0 Å². The number of nitrogen functional groups attached to an aromatic ring is 1. The fourth-order valence-corrected chi connectivity index (χ4v) is 2.27. The van der Waals surface area contributed by atoms with Crippen LogP contribution in [0.5, 0.6) is 0 Å². The fourth-order valence-electron chi connectivity index (χ4n) is 2.27. The van der Waals surface area contributed by atoms with Crippen molar-refractivity contribution in [2.75, 3.05) is 23.7 Å². The van der Waals surface area contributed by atoms with Gasteiger partial charge in [0.25, 0.3) is 0 Å². The lowest BCUT2D eigenvalue weighted by Gasteiger charge is -2.16. The van der Waals surface area contributed by atoms with Gasteiger partial charge in [-0.2, -0.15) is 4.98 Å². The van der Waals surface area contributed by atoms with Gasteiger partial charge in [0.05, 0.1) is 5.69 Å². The van der Waals surface area contributed by atoms with E-state index in [0.29, 0.717) is 5.82 Å². The minimum Gasteiger partial charge on any atom is -0.384 e. The van der Waals surface area contributed by atoms with Gasteiger partial charge in [0.1, 0.15) is 5.82 Å². The van der Waals surface area contributed by atoms with Crippen molar-refractivity contribution < 1.29 is 0 Å². The van der Waals surface area contributed by atoms with Crippen molar-refractivity contribution in [3.63, 3.8) is 0 Å². The summed E-state index contributed by atoms with van der Waals surface area (Å²) in [4.78, 5) is 11.2. The molecule has 92 valence electrons. The van der Waals surface area contributed by atoms with Crippen LogP contribution in [0.4, 0.5) is 11.8 Å². The normalized spacial score (nSPS) is 15.0. The van der Waals surface area contributed by atoms with Crippen molar-refractivity contribution >= 4 is 11.8 Å². The topological polar surface area (TPSA) is 55.0 Å². The molecule has 4 heteroatoms.